The van der Waals surface area contributed by atoms with Crippen LogP contribution in [0.5, 0.6) is 0 Å². The van der Waals surface area contributed by atoms with Crippen molar-refractivity contribution >= 4 is 5.91 Å². The van der Waals surface area contributed by atoms with E-state index in [9.17, 15) is 15.0 Å². The van der Waals surface area contributed by atoms with Gasteiger partial charge < -0.3 is 19.8 Å². The zero-order valence-electron chi connectivity index (χ0n) is 18.3. The van der Waals surface area contributed by atoms with Crippen molar-refractivity contribution < 1.29 is 19.7 Å². The standard InChI is InChI=1S/C25H35NO4/c1-17-5-4-6-18(11-17)13-21(27)7-8-22-23-14-19(12-20(23)15-24(22)28)16-30-10-9-25(29)26(2)3/h4-8,11-12,20-24,27-28H,9-10,13-16H2,1-3H3/t20-,21+,22+,23-,24+/m0/s1. The van der Waals surface area contributed by atoms with Crippen LogP contribution in [0.3, 0.4) is 0 Å². The van der Waals surface area contributed by atoms with E-state index in [0.717, 1.165) is 18.4 Å². The van der Waals surface area contributed by atoms with Crippen LogP contribution in [0.15, 0.2) is 48.1 Å². The fourth-order valence-corrected chi connectivity index (χ4v) is 4.70. The van der Waals surface area contributed by atoms with Gasteiger partial charge in [0.15, 0.2) is 0 Å². The lowest BCUT2D eigenvalue weighted by atomic mass is 9.89. The molecule has 0 saturated heterocycles. The van der Waals surface area contributed by atoms with E-state index in [0.29, 0.717) is 37.9 Å². The number of allylic oxidation sites excluding steroid dienone is 1. The van der Waals surface area contributed by atoms with E-state index >= 15 is 0 Å². The van der Waals surface area contributed by atoms with Crippen molar-refractivity contribution in [1.29, 1.82) is 0 Å². The van der Waals surface area contributed by atoms with Gasteiger partial charge in [-0.1, -0.05) is 48.1 Å². The lowest BCUT2D eigenvalue weighted by Crippen LogP contribution is -2.23. The molecule has 5 heteroatoms. The second-order valence-corrected chi connectivity index (χ2v) is 8.97. The number of nitrogens with zero attached hydrogens (tertiary/aromatic N) is 1. The minimum atomic E-state index is -0.551. The van der Waals surface area contributed by atoms with Crippen molar-refractivity contribution in [3.05, 3.63) is 59.2 Å². The molecule has 0 aliphatic heterocycles. The van der Waals surface area contributed by atoms with Gasteiger partial charge in [-0.15, -0.1) is 0 Å². The molecule has 2 aliphatic rings. The zero-order valence-corrected chi connectivity index (χ0v) is 18.3. The van der Waals surface area contributed by atoms with Crippen LogP contribution >= 0.6 is 0 Å². The quantitative estimate of drug-likeness (QED) is 0.482. The monoisotopic (exact) mass is 413 g/mol. The molecular weight excluding hydrogens is 378 g/mol. The highest BCUT2D eigenvalue weighted by molar-refractivity contribution is 5.75. The first-order valence-corrected chi connectivity index (χ1v) is 10.9. The summed E-state index contributed by atoms with van der Waals surface area (Å²) in [7, 11) is 3.50. The Morgan fingerprint density at radius 2 is 2.17 bits per heavy atom. The van der Waals surface area contributed by atoms with Gasteiger partial charge in [0.2, 0.25) is 5.91 Å². The van der Waals surface area contributed by atoms with Crippen molar-refractivity contribution in [2.24, 2.45) is 17.8 Å². The Hall–Kier alpha value is -1.95. The number of carbonyl (C=O) groups excluding carboxylic acids is 1. The van der Waals surface area contributed by atoms with Crippen molar-refractivity contribution in [3.63, 3.8) is 0 Å². The first-order valence-electron chi connectivity index (χ1n) is 10.9. The third-order valence-corrected chi connectivity index (χ3v) is 6.28. The maximum atomic E-state index is 11.6. The molecule has 5 nitrogen and oxygen atoms in total. The largest absolute Gasteiger partial charge is 0.392 e. The molecule has 0 heterocycles. The first-order chi connectivity index (χ1) is 14.3. The Balaban J connectivity index is 1.47. The number of benzene rings is 1. The minimum absolute atomic E-state index is 0.0613. The van der Waals surface area contributed by atoms with Gasteiger partial charge in [0.1, 0.15) is 0 Å². The second kappa shape index (κ2) is 10.4. The van der Waals surface area contributed by atoms with Crippen molar-refractivity contribution in [1.82, 2.24) is 4.90 Å². The third-order valence-electron chi connectivity index (χ3n) is 6.28. The summed E-state index contributed by atoms with van der Waals surface area (Å²) in [6, 6.07) is 8.19. The van der Waals surface area contributed by atoms with E-state index in [4.69, 9.17) is 4.74 Å². The Kier molecular flexibility index (Phi) is 7.87. The van der Waals surface area contributed by atoms with Gasteiger partial charge in [-0.05, 0) is 42.7 Å². The van der Waals surface area contributed by atoms with Gasteiger partial charge in [-0.25, -0.2) is 0 Å². The SMILES string of the molecule is Cc1cccc(C[C@H](O)C=C[C@@H]2[C@H]3CC(COCCC(=O)N(C)C)=C[C@H]3C[C@H]2O)c1. The third kappa shape index (κ3) is 6.03. The molecule has 0 aromatic heterocycles. The first kappa shape index (κ1) is 22.7. The Labute approximate surface area is 180 Å². The smallest absolute Gasteiger partial charge is 0.224 e. The summed E-state index contributed by atoms with van der Waals surface area (Å²) < 4.78 is 5.70. The van der Waals surface area contributed by atoms with Crippen molar-refractivity contribution in [3.8, 4) is 0 Å². The molecule has 2 N–H and O–H groups in total. The molecule has 2 aliphatic carbocycles. The van der Waals surface area contributed by atoms with Crippen LogP contribution in [0, 0.1) is 24.7 Å². The van der Waals surface area contributed by atoms with Crippen LogP contribution in [-0.4, -0.2) is 60.5 Å². The Morgan fingerprint density at radius 3 is 2.90 bits per heavy atom. The summed E-state index contributed by atoms with van der Waals surface area (Å²) in [5, 5.41) is 20.9. The number of hydrogen-bond donors (Lipinski definition) is 2. The van der Waals surface area contributed by atoms with Crippen LogP contribution in [0.25, 0.3) is 0 Å². The number of aryl methyl sites for hydroxylation is 1. The summed E-state index contributed by atoms with van der Waals surface area (Å²) in [5.74, 6) is 0.867. The highest BCUT2D eigenvalue weighted by Crippen LogP contribution is 2.47. The summed E-state index contributed by atoms with van der Waals surface area (Å²) in [5.41, 5.74) is 3.57. The van der Waals surface area contributed by atoms with E-state index in [1.807, 2.05) is 24.3 Å². The molecule has 1 aromatic rings. The number of rotatable bonds is 9. The van der Waals surface area contributed by atoms with E-state index in [2.05, 4.69) is 25.1 Å². The predicted octanol–water partition coefficient (Wildman–Crippen LogP) is 2.89. The number of fused-ring (bicyclic) bond motifs is 1. The normalized spacial score (nSPS) is 26.6. The fraction of sp³-hybridized carbons (Fsp3) is 0.560. The number of aliphatic hydroxyl groups is 2. The molecule has 1 fully saturated rings. The molecule has 5 atom stereocenters. The van der Waals surface area contributed by atoms with Crippen LogP contribution in [0.1, 0.15) is 30.4 Å². The van der Waals surface area contributed by atoms with Crippen LogP contribution in [0.2, 0.25) is 0 Å². The van der Waals surface area contributed by atoms with E-state index in [1.54, 1.807) is 19.0 Å². The molecule has 0 spiro atoms. The van der Waals surface area contributed by atoms with Crippen LogP contribution in [0.4, 0.5) is 0 Å². The summed E-state index contributed by atoms with van der Waals surface area (Å²) >= 11 is 0. The molecule has 0 radical (unpaired) electrons. The number of hydrogen-bond acceptors (Lipinski definition) is 4. The second-order valence-electron chi connectivity index (χ2n) is 8.97. The van der Waals surface area contributed by atoms with Gasteiger partial charge >= 0.3 is 0 Å². The molecule has 1 amide bonds. The highest BCUT2D eigenvalue weighted by Gasteiger charge is 2.43. The van der Waals surface area contributed by atoms with Gasteiger partial charge in [0, 0.05) is 26.4 Å². The molecular formula is C25H35NO4. The van der Waals surface area contributed by atoms with Crippen LogP contribution < -0.4 is 0 Å². The summed E-state index contributed by atoms with van der Waals surface area (Å²) in [6.07, 6.45) is 7.85. The fourth-order valence-electron chi connectivity index (χ4n) is 4.70. The van der Waals surface area contributed by atoms with Crippen LogP contribution in [-0.2, 0) is 16.0 Å². The number of aliphatic hydroxyl groups excluding tert-OH is 2. The van der Waals surface area contributed by atoms with E-state index < -0.39 is 6.10 Å². The maximum absolute atomic E-state index is 11.6. The molecule has 3 rings (SSSR count). The predicted molar refractivity (Wildman–Crippen MR) is 118 cm³/mol. The Bertz CT molecular complexity index is 785. The lowest BCUT2D eigenvalue weighted by Gasteiger charge is -2.19. The van der Waals surface area contributed by atoms with E-state index in [-0.39, 0.29) is 17.9 Å². The number of ether oxygens (including phenoxy) is 1. The number of amides is 1. The Morgan fingerprint density at radius 1 is 1.37 bits per heavy atom. The van der Waals surface area contributed by atoms with Gasteiger partial charge in [0.25, 0.3) is 0 Å². The van der Waals surface area contributed by atoms with Crippen molar-refractivity contribution in [2.75, 3.05) is 27.3 Å². The average Bonchev–Trinajstić information content (AvgIpc) is 3.19. The topological polar surface area (TPSA) is 70.0 Å². The van der Waals surface area contributed by atoms with Gasteiger partial charge in [0.05, 0.1) is 31.8 Å². The summed E-state index contributed by atoms with van der Waals surface area (Å²) in [4.78, 5) is 13.2. The zero-order chi connectivity index (χ0) is 21.7. The van der Waals surface area contributed by atoms with Gasteiger partial charge in [-0.3, -0.25) is 4.79 Å². The lowest BCUT2D eigenvalue weighted by molar-refractivity contribution is -0.129. The molecule has 164 valence electrons. The van der Waals surface area contributed by atoms with Crippen molar-refractivity contribution in [2.45, 2.75) is 44.8 Å². The van der Waals surface area contributed by atoms with E-state index in [1.165, 1.54) is 11.1 Å². The molecule has 0 unspecified atom stereocenters. The number of carbonyl (C=O) groups is 1. The summed E-state index contributed by atoms with van der Waals surface area (Å²) in [6.45, 7) is 3.03. The maximum Gasteiger partial charge on any atom is 0.224 e. The highest BCUT2D eigenvalue weighted by atomic mass is 16.5. The molecule has 0 bridgehead atoms. The molecule has 1 saturated carbocycles. The van der Waals surface area contributed by atoms with Gasteiger partial charge in [-0.2, -0.15) is 0 Å². The average molecular weight is 414 g/mol. The molecule has 1 aromatic carbocycles. The minimum Gasteiger partial charge on any atom is -0.392 e. The molecule has 30 heavy (non-hydrogen) atoms.